The fourth-order valence-corrected chi connectivity index (χ4v) is 5.29. The van der Waals surface area contributed by atoms with Crippen molar-refractivity contribution in [1.82, 2.24) is 14.8 Å². The van der Waals surface area contributed by atoms with Crippen LogP contribution in [0.25, 0.3) is 11.4 Å². The molecule has 2 fully saturated rings. The second kappa shape index (κ2) is 4.81. The van der Waals surface area contributed by atoms with Gasteiger partial charge in [0.25, 0.3) is 0 Å². The first-order chi connectivity index (χ1) is 9.74. The first-order valence-corrected chi connectivity index (χ1v) is 8.78. The summed E-state index contributed by atoms with van der Waals surface area (Å²) in [5.74, 6) is 3.65. The first kappa shape index (κ1) is 12.8. The molecular weight excluding hydrogens is 286 g/mol. The van der Waals surface area contributed by atoms with Crippen LogP contribution in [0.2, 0.25) is 0 Å². The van der Waals surface area contributed by atoms with Crippen LogP contribution in [-0.2, 0) is 0 Å². The SMILES string of the molecule is CC(C1C[C@H]2CCC1C2)n1c(-c2ccsc2)n[nH]c1=S. The number of aromatic amines is 1. The van der Waals surface area contributed by atoms with Gasteiger partial charge in [-0.25, -0.2) is 0 Å². The number of fused-ring (bicyclic) bond motifs is 2. The van der Waals surface area contributed by atoms with E-state index < -0.39 is 0 Å². The molecule has 4 atom stereocenters. The number of nitrogens with one attached hydrogen (secondary N) is 1. The third-order valence-corrected chi connectivity index (χ3v) is 6.27. The summed E-state index contributed by atoms with van der Waals surface area (Å²) in [6.45, 7) is 2.33. The molecule has 0 aliphatic heterocycles. The second-order valence-corrected chi connectivity index (χ2v) is 7.48. The van der Waals surface area contributed by atoms with Gasteiger partial charge in [-0.2, -0.15) is 16.4 Å². The summed E-state index contributed by atoms with van der Waals surface area (Å²) in [6.07, 6.45) is 5.68. The monoisotopic (exact) mass is 305 g/mol. The number of nitrogens with zero attached hydrogens (tertiary/aromatic N) is 2. The Bertz CT molecular complexity index is 655. The molecule has 2 aromatic rings. The van der Waals surface area contributed by atoms with Gasteiger partial charge in [-0.15, -0.1) is 0 Å². The molecule has 4 rings (SSSR count). The van der Waals surface area contributed by atoms with Crippen LogP contribution < -0.4 is 0 Å². The van der Waals surface area contributed by atoms with Crippen LogP contribution in [0, 0.1) is 22.5 Å². The van der Waals surface area contributed by atoms with Gasteiger partial charge in [-0.05, 0) is 67.6 Å². The molecule has 0 spiro atoms. The zero-order valence-electron chi connectivity index (χ0n) is 11.6. The van der Waals surface area contributed by atoms with Crippen molar-refractivity contribution in [2.45, 2.75) is 38.6 Å². The number of hydrogen-bond acceptors (Lipinski definition) is 3. The Hall–Kier alpha value is -0.940. The van der Waals surface area contributed by atoms with Crippen molar-refractivity contribution >= 4 is 23.6 Å². The maximum absolute atomic E-state index is 5.49. The minimum Gasteiger partial charge on any atom is -0.297 e. The predicted octanol–water partition coefficient (Wildman–Crippen LogP) is 4.67. The largest absolute Gasteiger partial charge is 0.297 e. The summed E-state index contributed by atoms with van der Waals surface area (Å²) in [5.41, 5.74) is 1.18. The summed E-state index contributed by atoms with van der Waals surface area (Å²) in [4.78, 5) is 0. The van der Waals surface area contributed by atoms with Crippen molar-refractivity contribution in [1.29, 1.82) is 0 Å². The van der Waals surface area contributed by atoms with Crippen molar-refractivity contribution < 1.29 is 0 Å². The molecule has 0 saturated heterocycles. The molecule has 0 aromatic carbocycles. The molecule has 3 unspecified atom stereocenters. The number of rotatable bonds is 3. The maximum Gasteiger partial charge on any atom is 0.195 e. The van der Waals surface area contributed by atoms with Crippen molar-refractivity contribution in [3.63, 3.8) is 0 Å². The highest BCUT2D eigenvalue weighted by molar-refractivity contribution is 7.71. The molecule has 2 bridgehead atoms. The van der Waals surface area contributed by atoms with Crippen molar-refractivity contribution in [2.24, 2.45) is 17.8 Å². The van der Waals surface area contributed by atoms with E-state index in [4.69, 9.17) is 12.2 Å². The summed E-state index contributed by atoms with van der Waals surface area (Å²) in [6, 6.07) is 2.58. The standard InChI is InChI=1S/C15H19N3S2/c1-9(13-7-10-2-3-11(13)6-10)18-14(16-17-15(18)19)12-4-5-20-8-12/h4-5,8-11,13H,2-3,6-7H2,1H3,(H,17,19)/t9?,10-,11?,13?/m0/s1. The van der Waals surface area contributed by atoms with E-state index in [2.05, 4.69) is 38.5 Å². The number of H-pyrrole nitrogens is 1. The minimum absolute atomic E-state index is 0.450. The van der Waals surface area contributed by atoms with Crippen molar-refractivity contribution in [3.8, 4) is 11.4 Å². The zero-order chi connectivity index (χ0) is 13.7. The molecule has 2 aliphatic rings. The third kappa shape index (κ3) is 1.91. The number of thiophene rings is 1. The van der Waals surface area contributed by atoms with Gasteiger partial charge in [0.05, 0.1) is 0 Å². The third-order valence-electron chi connectivity index (χ3n) is 5.30. The van der Waals surface area contributed by atoms with Crippen LogP contribution in [0.3, 0.4) is 0 Å². The molecule has 2 aromatic heterocycles. The van der Waals surface area contributed by atoms with Crippen LogP contribution in [0.15, 0.2) is 16.8 Å². The van der Waals surface area contributed by atoms with Crippen LogP contribution in [0.1, 0.15) is 38.6 Å². The maximum atomic E-state index is 5.49. The van der Waals surface area contributed by atoms with E-state index in [1.54, 1.807) is 11.3 Å². The van der Waals surface area contributed by atoms with Crippen LogP contribution in [0.4, 0.5) is 0 Å². The molecule has 106 valence electrons. The van der Waals surface area contributed by atoms with E-state index in [0.717, 1.165) is 28.3 Å². The average molecular weight is 305 g/mol. The first-order valence-electron chi connectivity index (χ1n) is 7.43. The van der Waals surface area contributed by atoms with Gasteiger partial charge in [0, 0.05) is 17.0 Å². The molecule has 5 heteroatoms. The van der Waals surface area contributed by atoms with Gasteiger partial charge >= 0.3 is 0 Å². The highest BCUT2D eigenvalue weighted by Crippen LogP contribution is 2.52. The molecule has 2 heterocycles. The number of hydrogen-bond donors (Lipinski definition) is 1. The molecule has 0 amide bonds. The van der Waals surface area contributed by atoms with E-state index in [1.165, 1.54) is 31.2 Å². The quantitative estimate of drug-likeness (QED) is 0.836. The fourth-order valence-electron chi connectivity index (χ4n) is 4.35. The highest BCUT2D eigenvalue weighted by Gasteiger charge is 2.42. The zero-order valence-corrected chi connectivity index (χ0v) is 13.2. The lowest BCUT2D eigenvalue weighted by Crippen LogP contribution is -2.22. The Morgan fingerprint density at radius 2 is 2.35 bits per heavy atom. The van der Waals surface area contributed by atoms with Gasteiger partial charge < -0.3 is 0 Å². The normalized spacial score (nSPS) is 29.9. The molecule has 2 aliphatic carbocycles. The van der Waals surface area contributed by atoms with Gasteiger partial charge in [0.2, 0.25) is 0 Å². The van der Waals surface area contributed by atoms with E-state index >= 15 is 0 Å². The van der Waals surface area contributed by atoms with E-state index in [9.17, 15) is 0 Å². The average Bonchev–Trinajstić information content (AvgIpc) is 3.21. The lowest BCUT2D eigenvalue weighted by atomic mass is 9.84. The van der Waals surface area contributed by atoms with Crippen LogP contribution >= 0.6 is 23.6 Å². The van der Waals surface area contributed by atoms with E-state index in [1.807, 2.05) is 0 Å². The van der Waals surface area contributed by atoms with Gasteiger partial charge in [0.15, 0.2) is 10.6 Å². The Kier molecular flexibility index (Phi) is 3.07. The Morgan fingerprint density at radius 3 is 3.00 bits per heavy atom. The lowest BCUT2D eigenvalue weighted by molar-refractivity contribution is 0.242. The summed E-state index contributed by atoms with van der Waals surface area (Å²) < 4.78 is 3.02. The molecular formula is C15H19N3S2. The topological polar surface area (TPSA) is 33.6 Å². The van der Waals surface area contributed by atoms with Crippen LogP contribution in [-0.4, -0.2) is 14.8 Å². The Labute approximate surface area is 128 Å². The van der Waals surface area contributed by atoms with E-state index in [0.29, 0.717) is 6.04 Å². The molecule has 2 saturated carbocycles. The number of aromatic nitrogens is 3. The fraction of sp³-hybridized carbons (Fsp3) is 0.600. The summed E-state index contributed by atoms with van der Waals surface area (Å²) >= 11 is 7.20. The van der Waals surface area contributed by atoms with Crippen LogP contribution in [0.5, 0.6) is 0 Å². The van der Waals surface area contributed by atoms with Gasteiger partial charge in [-0.1, -0.05) is 6.42 Å². The van der Waals surface area contributed by atoms with Gasteiger partial charge in [0.1, 0.15) is 0 Å². The molecule has 20 heavy (non-hydrogen) atoms. The smallest absolute Gasteiger partial charge is 0.195 e. The summed E-state index contributed by atoms with van der Waals surface area (Å²) in [5, 5.41) is 11.7. The molecule has 3 nitrogen and oxygen atoms in total. The Morgan fingerprint density at radius 1 is 1.45 bits per heavy atom. The van der Waals surface area contributed by atoms with Crippen molar-refractivity contribution in [3.05, 3.63) is 21.6 Å². The van der Waals surface area contributed by atoms with Gasteiger partial charge in [-0.3, -0.25) is 9.67 Å². The second-order valence-electron chi connectivity index (χ2n) is 6.31. The van der Waals surface area contributed by atoms with Crippen molar-refractivity contribution in [2.75, 3.05) is 0 Å². The summed E-state index contributed by atoms with van der Waals surface area (Å²) in [7, 11) is 0. The highest BCUT2D eigenvalue weighted by atomic mass is 32.1. The predicted molar refractivity (Wildman–Crippen MR) is 84.4 cm³/mol. The van der Waals surface area contributed by atoms with E-state index in [-0.39, 0.29) is 0 Å². The lowest BCUT2D eigenvalue weighted by Gasteiger charge is -2.29. The Balaban J connectivity index is 1.71. The molecule has 0 radical (unpaired) electrons. The molecule has 1 N–H and O–H groups in total. The minimum atomic E-state index is 0.450.